The number of aromatic carboxylic acids is 1. The second-order valence-electron chi connectivity index (χ2n) is 3.94. The highest BCUT2D eigenvalue weighted by atomic mass is 19.1. The van der Waals surface area contributed by atoms with Crippen LogP contribution in [0.1, 0.15) is 10.5 Å². The van der Waals surface area contributed by atoms with Crippen molar-refractivity contribution in [2.24, 2.45) is 0 Å². The minimum Gasteiger partial charge on any atom is -0.476 e. The number of halogens is 1. The minimum absolute atomic E-state index is 0.0149. The number of fused-ring (bicyclic) bond motifs is 1. The van der Waals surface area contributed by atoms with E-state index in [1.54, 1.807) is 24.3 Å². The van der Waals surface area contributed by atoms with Gasteiger partial charge in [0, 0.05) is 5.56 Å². The zero-order chi connectivity index (χ0) is 13.4. The van der Waals surface area contributed by atoms with Crippen LogP contribution in [0.4, 0.5) is 4.39 Å². The summed E-state index contributed by atoms with van der Waals surface area (Å²) in [5.74, 6) is -1.44. The second-order valence-corrected chi connectivity index (χ2v) is 3.94. The Labute approximate surface area is 107 Å². The normalized spacial score (nSPS) is 10.8. The molecule has 3 rings (SSSR count). The monoisotopic (exact) mass is 257 g/mol. The number of carboxylic acid groups (broad SMARTS) is 1. The van der Waals surface area contributed by atoms with Crippen molar-refractivity contribution < 1.29 is 14.3 Å². The van der Waals surface area contributed by atoms with Crippen LogP contribution in [0.25, 0.3) is 16.9 Å². The molecule has 1 aromatic carbocycles. The summed E-state index contributed by atoms with van der Waals surface area (Å²) >= 11 is 0. The molecule has 94 valence electrons. The quantitative estimate of drug-likeness (QED) is 0.764. The fourth-order valence-corrected chi connectivity index (χ4v) is 1.79. The van der Waals surface area contributed by atoms with E-state index >= 15 is 0 Å². The van der Waals surface area contributed by atoms with E-state index in [1.165, 1.54) is 22.8 Å². The van der Waals surface area contributed by atoms with Gasteiger partial charge in [-0.1, -0.05) is 0 Å². The van der Waals surface area contributed by atoms with Crippen LogP contribution in [-0.2, 0) is 0 Å². The molecular weight excluding hydrogens is 249 g/mol. The van der Waals surface area contributed by atoms with Crippen LogP contribution in [-0.4, -0.2) is 25.7 Å². The van der Waals surface area contributed by atoms with Crippen LogP contribution in [0.3, 0.4) is 0 Å². The third-order valence-electron chi connectivity index (χ3n) is 2.72. The van der Waals surface area contributed by atoms with Crippen LogP contribution in [0.15, 0.2) is 42.6 Å². The maximum atomic E-state index is 12.9. The van der Waals surface area contributed by atoms with Crippen molar-refractivity contribution in [3.8, 4) is 11.3 Å². The first kappa shape index (κ1) is 11.3. The lowest BCUT2D eigenvalue weighted by molar-refractivity contribution is 0.0688. The van der Waals surface area contributed by atoms with Crippen LogP contribution < -0.4 is 0 Å². The number of benzene rings is 1. The van der Waals surface area contributed by atoms with Gasteiger partial charge in [-0.15, -0.1) is 0 Å². The van der Waals surface area contributed by atoms with Gasteiger partial charge in [-0.2, -0.15) is 5.10 Å². The lowest BCUT2D eigenvalue weighted by atomic mass is 10.1. The molecule has 0 fully saturated rings. The summed E-state index contributed by atoms with van der Waals surface area (Å²) in [6, 6.07) is 9.20. The minimum atomic E-state index is -1.10. The number of imidazole rings is 1. The highest BCUT2D eigenvalue weighted by molar-refractivity contribution is 5.86. The first-order valence-corrected chi connectivity index (χ1v) is 5.49. The van der Waals surface area contributed by atoms with Gasteiger partial charge in [0.05, 0.1) is 11.9 Å². The van der Waals surface area contributed by atoms with Crippen LogP contribution >= 0.6 is 0 Å². The third-order valence-corrected chi connectivity index (χ3v) is 2.72. The van der Waals surface area contributed by atoms with E-state index in [-0.39, 0.29) is 11.5 Å². The average molecular weight is 257 g/mol. The molecule has 2 aromatic heterocycles. The van der Waals surface area contributed by atoms with Crippen molar-refractivity contribution in [3.63, 3.8) is 0 Å². The molecule has 0 aliphatic rings. The summed E-state index contributed by atoms with van der Waals surface area (Å²) in [7, 11) is 0. The Balaban J connectivity index is 2.17. The third kappa shape index (κ3) is 1.93. The topological polar surface area (TPSA) is 67.5 Å². The molecule has 0 amide bonds. The van der Waals surface area contributed by atoms with Crippen molar-refractivity contribution in [2.45, 2.75) is 0 Å². The zero-order valence-corrected chi connectivity index (χ0v) is 9.62. The van der Waals surface area contributed by atoms with E-state index in [2.05, 4.69) is 10.1 Å². The lowest BCUT2D eigenvalue weighted by Gasteiger charge is -2.02. The molecule has 0 saturated heterocycles. The highest BCUT2D eigenvalue weighted by Gasteiger charge is 2.12. The predicted molar refractivity (Wildman–Crippen MR) is 65.3 cm³/mol. The fourth-order valence-electron chi connectivity index (χ4n) is 1.79. The summed E-state index contributed by atoms with van der Waals surface area (Å²) in [4.78, 5) is 15.0. The van der Waals surface area contributed by atoms with Crippen molar-refractivity contribution in [2.75, 3.05) is 0 Å². The number of hydrogen-bond acceptors (Lipinski definition) is 3. The van der Waals surface area contributed by atoms with Gasteiger partial charge in [0.2, 0.25) is 0 Å². The van der Waals surface area contributed by atoms with Gasteiger partial charge in [0.25, 0.3) is 0 Å². The molecule has 1 N–H and O–H groups in total. The standard InChI is InChI=1S/C13H8FN3O2/c14-9-3-1-8(2-4-9)10-5-6-12-15-7-11(13(18)19)17(12)16-10/h1-7H,(H,18,19). The number of nitrogens with zero attached hydrogens (tertiary/aromatic N) is 3. The number of hydrogen-bond donors (Lipinski definition) is 1. The Hall–Kier alpha value is -2.76. The van der Waals surface area contributed by atoms with Crippen molar-refractivity contribution in [1.29, 1.82) is 0 Å². The molecule has 2 heterocycles. The first-order chi connectivity index (χ1) is 9.15. The molecule has 0 bridgehead atoms. The van der Waals surface area contributed by atoms with Crippen molar-refractivity contribution in [1.82, 2.24) is 14.6 Å². The van der Waals surface area contributed by atoms with E-state index in [0.717, 1.165) is 0 Å². The van der Waals surface area contributed by atoms with Crippen molar-refractivity contribution in [3.05, 3.63) is 54.1 Å². The Bertz CT molecular complexity index is 765. The van der Waals surface area contributed by atoms with Crippen LogP contribution in [0, 0.1) is 5.82 Å². The summed E-state index contributed by atoms with van der Waals surface area (Å²) < 4.78 is 14.1. The summed E-state index contributed by atoms with van der Waals surface area (Å²) in [5, 5.41) is 13.2. The number of carbonyl (C=O) groups is 1. The van der Waals surface area contributed by atoms with Gasteiger partial charge in [-0.3, -0.25) is 0 Å². The van der Waals surface area contributed by atoms with Crippen molar-refractivity contribution >= 4 is 11.6 Å². The molecule has 0 radical (unpaired) electrons. The van der Waals surface area contributed by atoms with Gasteiger partial charge < -0.3 is 5.11 Å². The molecule has 5 nitrogen and oxygen atoms in total. The molecule has 0 aliphatic carbocycles. The molecule has 3 aromatic rings. The van der Waals surface area contributed by atoms with Gasteiger partial charge in [-0.05, 0) is 36.4 Å². The van der Waals surface area contributed by atoms with E-state index in [9.17, 15) is 9.18 Å². The highest BCUT2D eigenvalue weighted by Crippen LogP contribution is 2.18. The fraction of sp³-hybridized carbons (Fsp3) is 0. The van der Waals surface area contributed by atoms with E-state index < -0.39 is 5.97 Å². The molecule has 6 heteroatoms. The SMILES string of the molecule is O=C(O)c1cnc2ccc(-c3ccc(F)cc3)nn12. The van der Waals surface area contributed by atoms with Gasteiger partial charge in [-0.25, -0.2) is 18.7 Å². The van der Waals surface area contributed by atoms with Crippen LogP contribution in [0.2, 0.25) is 0 Å². The average Bonchev–Trinajstić information content (AvgIpc) is 2.82. The van der Waals surface area contributed by atoms with E-state index in [0.29, 0.717) is 16.9 Å². The second kappa shape index (κ2) is 4.16. The number of aromatic nitrogens is 3. The first-order valence-electron chi connectivity index (χ1n) is 5.49. The largest absolute Gasteiger partial charge is 0.476 e. The molecular formula is C13H8FN3O2. The smallest absolute Gasteiger partial charge is 0.356 e. The molecule has 0 unspecified atom stereocenters. The summed E-state index contributed by atoms with van der Waals surface area (Å²) in [6.45, 7) is 0. The molecule has 0 atom stereocenters. The Morgan fingerprint density at radius 3 is 2.58 bits per heavy atom. The molecule has 0 spiro atoms. The van der Waals surface area contributed by atoms with Crippen LogP contribution in [0.5, 0.6) is 0 Å². The Kier molecular flexibility index (Phi) is 2.49. The molecule has 0 saturated carbocycles. The van der Waals surface area contributed by atoms with E-state index in [1.807, 2.05) is 0 Å². The Morgan fingerprint density at radius 1 is 1.16 bits per heavy atom. The predicted octanol–water partition coefficient (Wildman–Crippen LogP) is 2.23. The summed E-state index contributed by atoms with van der Waals surface area (Å²) in [6.07, 6.45) is 1.25. The zero-order valence-electron chi connectivity index (χ0n) is 9.62. The Morgan fingerprint density at radius 2 is 1.89 bits per heavy atom. The van der Waals surface area contributed by atoms with Gasteiger partial charge in [0.15, 0.2) is 11.3 Å². The molecule has 19 heavy (non-hydrogen) atoms. The number of carboxylic acids is 1. The number of rotatable bonds is 2. The lowest BCUT2D eigenvalue weighted by Crippen LogP contribution is -2.05. The van der Waals surface area contributed by atoms with E-state index in [4.69, 9.17) is 5.11 Å². The summed E-state index contributed by atoms with van der Waals surface area (Å²) in [5.41, 5.74) is 1.68. The maximum Gasteiger partial charge on any atom is 0.356 e. The molecule has 0 aliphatic heterocycles. The van der Waals surface area contributed by atoms with Gasteiger partial charge in [0.1, 0.15) is 5.82 Å². The maximum absolute atomic E-state index is 12.9. The van der Waals surface area contributed by atoms with Gasteiger partial charge >= 0.3 is 5.97 Å².